The van der Waals surface area contributed by atoms with E-state index in [1.807, 2.05) is 23.9 Å². The van der Waals surface area contributed by atoms with Crippen LogP contribution in [0.2, 0.25) is 0 Å². The standard InChI is InChI=1S/C14H21N3OS/c1-17(2)14(18)13-9-12(3-6-15-13)16-10-11-4-7-19-8-5-11/h3,6,9,11H,4-5,7-8,10H2,1-2H3,(H,15,16). The van der Waals surface area contributed by atoms with Crippen molar-refractivity contribution in [1.82, 2.24) is 9.88 Å². The van der Waals surface area contributed by atoms with Crippen molar-refractivity contribution in [2.24, 2.45) is 5.92 Å². The molecule has 0 bridgehead atoms. The highest BCUT2D eigenvalue weighted by molar-refractivity contribution is 7.99. The Bertz CT molecular complexity index is 430. The van der Waals surface area contributed by atoms with Gasteiger partial charge in [0.05, 0.1) is 0 Å². The van der Waals surface area contributed by atoms with E-state index in [-0.39, 0.29) is 5.91 Å². The van der Waals surface area contributed by atoms with Crippen molar-refractivity contribution in [2.75, 3.05) is 37.5 Å². The number of carbonyl (C=O) groups excluding carboxylic acids is 1. The Hall–Kier alpha value is -1.23. The molecule has 0 aliphatic carbocycles. The first-order valence-electron chi connectivity index (χ1n) is 6.66. The minimum absolute atomic E-state index is 0.0577. The van der Waals surface area contributed by atoms with Crippen LogP contribution >= 0.6 is 11.8 Å². The third-order valence-electron chi connectivity index (χ3n) is 3.32. The van der Waals surface area contributed by atoms with Crippen LogP contribution in [-0.2, 0) is 0 Å². The van der Waals surface area contributed by atoms with Crippen molar-refractivity contribution in [2.45, 2.75) is 12.8 Å². The van der Waals surface area contributed by atoms with E-state index in [0.717, 1.165) is 18.2 Å². The molecule has 1 saturated heterocycles. The summed E-state index contributed by atoms with van der Waals surface area (Å²) in [6.45, 7) is 0.986. The minimum atomic E-state index is -0.0577. The van der Waals surface area contributed by atoms with E-state index in [1.54, 1.807) is 25.2 Å². The van der Waals surface area contributed by atoms with Gasteiger partial charge in [0, 0.05) is 32.5 Å². The smallest absolute Gasteiger partial charge is 0.272 e. The van der Waals surface area contributed by atoms with Gasteiger partial charge in [-0.2, -0.15) is 11.8 Å². The first-order chi connectivity index (χ1) is 9.16. The lowest BCUT2D eigenvalue weighted by atomic mass is 10.0. The first kappa shape index (κ1) is 14.2. The molecule has 0 spiro atoms. The fourth-order valence-electron chi connectivity index (χ4n) is 2.10. The zero-order valence-electron chi connectivity index (χ0n) is 11.6. The summed E-state index contributed by atoms with van der Waals surface area (Å²) in [6.07, 6.45) is 4.26. The number of hydrogen-bond acceptors (Lipinski definition) is 4. The molecular weight excluding hydrogens is 258 g/mol. The van der Waals surface area contributed by atoms with Crippen molar-refractivity contribution < 1.29 is 4.79 Å². The monoisotopic (exact) mass is 279 g/mol. The number of pyridine rings is 1. The Morgan fingerprint density at radius 1 is 1.47 bits per heavy atom. The van der Waals surface area contributed by atoms with Crippen LogP contribution in [0.15, 0.2) is 18.3 Å². The Balaban J connectivity index is 1.93. The Kier molecular flexibility index (Phi) is 5.07. The number of hydrogen-bond donors (Lipinski definition) is 1. The van der Waals surface area contributed by atoms with Gasteiger partial charge in [0.2, 0.25) is 0 Å². The molecule has 2 heterocycles. The lowest BCUT2D eigenvalue weighted by Gasteiger charge is -2.22. The molecule has 2 rings (SSSR count). The first-order valence-corrected chi connectivity index (χ1v) is 7.81. The van der Waals surface area contributed by atoms with Crippen LogP contribution in [0.4, 0.5) is 5.69 Å². The van der Waals surface area contributed by atoms with Gasteiger partial charge in [-0.25, -0.2) is 0 Å². The molecule has 1 aliphatic rings. The van der Waals surface area contributed by atoms with Gasteiger partial charge < -0.3 is 10.2 Å². The lowest BCUT2D eigenvalue weighted by Crippen LogP contribution is -2.23. The Morgan fingerprint density at radius 2 is 2.21 bits per heavy atom. The highest BCUT2D eigenvalue weighted by Gasteiger charge is 2.14. The Labute approximate surface area is 119 Å². The van der Waals surface area contributed by atoms with E-state index in [1.165, 1.54) is 24.3 Å². The van der Waals surface area contributed by atoms with E-state index in [9.17, 15) is 4.79 Å². The third kappa shape index (κ3) is 4.13. The molecule has 1 fully saturated rings. The molecule has 0 saturated carbocycles. The number of carbonyl (C=O) groups is 1. The summed E-state index contributed by atoms with van der Waals surface area (Å²) in [6, 6.07) is 3.75. The summed E-state index contributed by atoms with van der Waals surface area (Å²) in [5.41, 5.74) is 1.48. The molecule has 0 unspecified atom stereocenters. The van der Waals surface area contributed by atoms with Crippen molar-refractivity contribution in [3.05, 3.63) is 24.0 Å². The lowest BCUT2D eigenvalue weighted by molar-refractivity contribution is 0.0822. The van der Waals surface area contributed by atoms with Gasteiger partial charge in [-0.05, 0) is 42.4 Å². The van der Waals surface area contributed by atoms with Crippen molar-refractivity contribution in [3.63, 3.8) is 0 Å². The molecular formula is C14H21N3OS. The van der Waals surface area contributed by atoms with E-state index >= 15 is 0 Å². The van der Waals surface area contributed by atoms with E-state index < -0.39 is 0 Å². The zero-order valence-corrected chi connectivity index (χ0v) is 12.4. The molecule has 1 N–H and O–H groups in total. The van der Waals surface area contributed by atoms with Gasteiger partial charge >= 0.3 is 0 Å². The van der Waals surface area contributed by atoms with Crippen LogP contribution in [-0.4, -0.2) is 47.9 Å². The summed E-state index contributed by atoms with van der Waals surface area (Å²) in [5, 5.41) is 3.43. The van der Waals surface area contributed by atoms with Gasteiger partial charge in [0.15, 0.2) is 0 Å². The molecule has 0 radical (unpaired) electrons. The van der Waals surface area contributed by atoms with Gasteiger partial charge in [0.1, 0.15) is 5.69 Å². The maximum atomic E-state index is 11.8. The van der Waals surface area contributed by atoms with E-state index in [4.69, 9.17) is 0 Å². The largest absolute Gasteiger partial charge is 0.385 e. The molecule has 4 nitrogen and oxygen atoms in total. The van der Waals surface area contributed by atoms with Crippen LogP contribution < -0.4 is 5.32 Å². The summed E-state index contributed by atoms with van der Waals surface area (Å²) < 4.78 is 0. The normalized spacial score (nSPS) is 16.1. The van der Waals surface area contributed by atoms with Crippen LogP contribution in [0.1, 0.15) is 23.3 Å². The summed E-state index contributed by atoms with van der Waals surface area (Å²) in [5.74, 6) is 3.24. The topological polar surface area (TPSA) is 45.2 Å². The minimum Gasteiger partial charge on any atom is -0.385 e. The second-order valence-corrected chi connectivity index (χ2v) is 6.29. The molecule has 0 aromatic carbocycles. The van der Waals surface area contributed by atoms with E-state index in [0.29, 0.717) is 5.69 Å². The van der Waals surface area contributed by atoms with Gasteiger partial charge in [-0.1, -0.05) is 0 Å². The quantitative estimate of drug-likeness (QED) is 0.919. The highest BCUT2D eigenvalue weighted by atomic mass is 32.2. The second kappa shape index (κ2) is 6.80. The van der Waals surface area contributed by atoms with Crippen molar-refractivity contribution in [1.29, 1.82) is 0 Å². The van der Waals surface area contributed by atoms with Gasteiger partial charge in [-0.3, -0.25) is 9.78 Å². The Morgan fingerprint density at radius 3 is 2.89 bits per heavy atom. The number of nitrogens with one attached hydrogen (secondary N) is 1. The molecule has 1 aromatic rings. The number of anilines is 1. The maximum absolute atomic E-state index is 11.8. The van der Waals surface area contributed by atoms with Crippen molar-refractivity contribution >= 4 is 23.4 Å². The number of thioether (sulfide) groups is 1. The summed E-state index contributed by atoms with van der Waals surface area (Å²) in [7, 11) is 3.48. The molecule has 1 aliphatic heterocycles. The fraction of sp³-hybridized carbons (Fsp3) is 0.571. The second-order valence-electron chi connectivity index (χ2n) is 5.07. The number of nitrogens with zero attached hydrogens (tertiary/aromatic N) is 2. The van der Waals surface area contributed by atoms with Crippen LogP contribution in [0.3, 0.4) is 0 Å². The molecule has 104 valence electrons. The summed E-state index contributed by atoms with van der Waals surface area (Å²) >= 11 is 2.04. The van der Waals surface area contributed by atoms with Crippen LogP contribution in [0.25, 0.3) is 0 Å². The molecule has 1 aromatic heterocycles. The molecule has 1 amide bonds. The molecule has 5 heteroatoms. The summed E-state index contributed by atoms with van der Waals surface area (Å²) in [4.78, 5) is 17.5. The zero-order chi connectivity index (χ0) is 13.7. The SMILES string of the molecule is CN(C)C(=O)c1cc(NCC2CCSCC2)ccn1. The van der Waals surface area contributed by atoms with Gasteiger partial charge in [0.25, 0.3) is 5.91 Å². The van der Waals surface area contributed by atoms with Crippen LogP contribution in [0, 0.1) is 5.92 Å². The maximum Gasteiger partial charge on any atom is 0.272 e. The van der Waals surface area contributed by atoms with Gasteiger partial charge in [-0.15, -0.1) is 0 Å². The highest BCUT2D eigenvalue weighted by Crippen LogP contribution is 2.23. The average Bonchev–Trinajstić information content (AvgIpc) is 2.45. The third-order valence-corrected chi connectivity index (χ3v) is 4.37. The predicted octanol–water partition coefficient (Wildman–Crippen LogP) is 2.34. The van der Waals surface area contributed by atoms with Crippen LogP contribution in [0.5, 0.6) is 0 Å². The van der Waals surface area contributed by atoms with E-state index in [2.05, 4.69) is 10.3 Å². The molecule has 0 atom stereocenters. The average molecular weight is 279 g/mol. The number of aromatic nitrogens is 1. The molecule has 19 heavy (non-hydrogen) atoms. The van der Waals surface area contributed by atoms with Crippen molar-refractivity contribution in [3.8, 4) is 0 Å². The fourth-order valence-corrected chi connectivity index (χ4v) is 3.30. The number of amides is 1. The number of rotatable bonds is 4. The predicted molar refractivity (Wildman–Crippen MR) is 80.8 cm³/mol.